The quantitative estimate of drug-likeness (QED) is 0.831. The Balaban J connectivity index is 1.51. The Kier molecular flexibility index (Phi) is 6.37. The maximum atomic E-state index is 12.6. The summed E-state index contributed by atoms with van der Waals surface area (Å²) in [6.45, 7) is 10.5. The van der Waals surface area contributed by atoms with Crippen molar-refractivity contribution in [3.63, 3.8) is 0 Å². The minimum Gasteiger partial charge on any atom is -0.383 e. The van der Waals surface area contributed by atoms with Gasteiger partial charge in [-0.2, -0.15) is 0 Å². The number of hydrogen-bond donors (Lipinski definition) is 2. The lowest BCUT2D eigenvalue weighted by Gasteiger charge is -2.38. The summed E-state index contributed by atoms with van der Waals surface area (Å²) in [7, 11) is 0. The smallest absolute Gasteiger partial charge is 0.317 e. The number of nitrogens with one attached hydrogen (secondary N) is 1. The van der Waals surface area contributed by atoms with Gasteiger partial charge < -0.3 is 15.3 Å². The Morgan fingerprint density at radius 1 is 1.22 bits per heavy atom. The predicted octanol–water partition coefficient (Wildman–Crippen LogP) is 2.50. The first-order valence-electron chi connectivity index (χ1n) is 10.3. The number of piperidine rings is 1. The zero-order valence-corrected chi connectivity index (χ0v) is 16.9. The van der Waals surface area contributed by atoms with Crippen molar-refractivity contribution in [2.24, 2.45) is 5.92 Å². The first kappa shape index (κ1) is 20.1. The highest BCUT2D eigenvalue weighted by Gasteiger charge is 2.36. The Hall–Kier alpha value is -1.66. The van der Waals surface area contributed by atoms with Crippen LogP contribution in [0.25, 0.3) is 0 Å². The molecular formula is C21H34N4O2. The maximum Gasteiger partial charge on any atom is 0.317 e. The molecule has 1 aromatic heterocycles. The van der Waals surface area contributed by atoms with Crippen molar-refractivity contribution in [1.29, 1.82) is 0 Å². The van der Waals surface area contributed by atoms with E-state index in [0.29, 0.717) is 50.1 Å². The Morgan fingerprint density at radius 2 is 1.89 bits per heavy atom. The molecule has 1 aromatic rings. The van der Waals surface area contributed by atoms with Gasteiger partial charge in [-0.3, -0.25) is 9.88 Å². The van der Waals surface area contributed by atoms with Crippen molar-refractivity contribution in [2.75, 3.05) is 32.7 Å². The van der Waals surface area contributed by atoms with E-state index in [1.165, 1.54) is 12.8 Å². The van der Waals surface area contributed by atoms with Gasteiger partial charge in [0, 0.05) is 31.9 Å². The number of amides is 2. The second-order valence-electron chi connectivity index (χ2n) is 8.48. The highest BCUT2D eigenvalue weighted by molar-refractivity contribution is 5.74. The van der Waals surface area contributed by atoms with Gasteiger partial charge in [0.05, 0.1) is 5.69 Å². The van der Waals surface area contributed by atoms with E-state index < -0.39 is 5.60 Å². The van der Waals surface area contributed by atoms with E-state index in [1.54, 1.807) is 6.20 Å². The van der Waals surface area contributed by atoms with Crippen molar-refractivity contribution in [3.8, 4) is 0 Å². The van der Waals surface area contributed by atoms with Gasteiger partial charge in [0.15, 0.2) is 0 Å². The van der Waals surface area contributed by atoms with Gasteiger partial charge in [-0.25, -0.2) is 4.79 Å². The third-order valence-electron chi connectivity index (χ3n) is 6.11. The molecule has 0 saturated carbocycles. The average Bonchev–Trinajstić information content (AvgIpc) is 3.17. The molecule has 0 radical (unpaired) electrons. The molecular weight excluding hydrogens is 340 g/mol. The largest absolute Gasteiger partial charge is 0.383 e. The second kappa shape index (κ2) is 8.57. The van der Waals surface area contributed by atoms with Crippen molar-refractivity contribution in [2.45, 2.75) is 58.1 Å². The third-order valence-corrected chi connectivity index (χ3v) is 6.11. The molecule has 0 aliphatic carbocycles. The molecule has 6 nitrogen and oxygen atoms in total. The number of urea groups is 1. The minimum atomic E-state index is -0.930. The van der Waals surface area contributed by atoms with Crippen LogP contribution in [0.5, 0.6) is 0 Å². The lowest BCUT2D eigenvalue weighted by atomic mass is 9.87. The monoisotopic (exact) mass is 374 g/mol. The maximum absolute atomic E-state index is 12.6. The highest BCUT2D eigenvalue weighted by Crippen LogP contribution is 2.31. The number of aliphatic hydroxyl groups is 1. The molecule has 2 fully saturated rings. The number of carbonyl (C=O) groups is 1. The number of hydrogen-bond acceptors (Lipinski definition) is 4. The van der Waals surface area contributed by atoms with E-state index in [1.807, 2.05) is 24.0 Å². The van der Waals surface area contributed by atoms with Gasteiger partial charge in [0.2, 0.25) is 0 Å². The first-order valence-corrected chi connectivity index (χ1v) is 10.3. The Bertz CT molecular complexity index is 618. The molecule has 6 heteroatoms. The molecule has 0 unspecified atom stereocenters. The van der Waals surface area contributed by atoms with Crippen LogP contribution in [-0.4, -0.2) is 64.7 Å². The van der Waals surface area contributed by atoms with E-state index in [0.717, 1.165) is 18.7 Å². The van der Waals surface area contributed by atoms with Gasteiger partial charge in [-0.05, 0) is 63.2 Å². The molecule has 2 aliphatic heterocycles. The van der Waals surface area contributed by atoms with Crippen LogP contribution in [-0.2, 0) is 5.60 Å². The number of rotatable bonds is 5. The van der Waals surface area contributed by atoms with Crippen molar-refractivity contribution < 1.29 is 9.90 Å². The van der Waals surface area contributed by atoms with Crippen LogP contribution < -0.4 is 5.32 Å². The molecule has 0 aromatic carbocycles. The molecule has 2 saturated heterocycles. The molecule has 3 heterocycles. The highest BCUT2D eigenvalue weighted by atomic mass is 16.3. The summed E-state index contributed by atoms with van der Waals surface area (Å²) in [5, 5.41) is 14.1. The summed E-state index contributed by atoms with van der Waals surface area (Å²) in [6, 6.07) is 4.26. The number of aryl methyl sites for hydroxylation is 1. The number of carbonyl (C=O) groups excluding carboxylic acids is 1. The Labute approximate surface area is 163 Å². The van der Waals surface area contributed by atoms with E-state index in [2.05, 4.69) is 29.0 Å². The number of nitrogens with zero attached hydrogens (tertiary/aromatic N) is 3. The molecule has 2 aliphatic rings. The lowest BCUT2D eigenvalue weighted by molar-refractivity contribution is -0.0205. The number of likely N-dealkylation sites (tertiary alicyclic amines) is 2. The van der Waals surface area contributed by atoms with E-state index >= 15 is 0 Å². The van der Waals surface area contributed by atoms with Gasteiger partial charge in [0.1, 0.15) is 5.60 Å². The summed E-state index contributed by atoms with van der Waals surface area (Å²) in [5.41, 5.74) is 0.861. The zero-order chi connectivity index (χ0) is 19.4. The lowest BCUT2D eigenvalue weighted by Crippen LogP contribution is -2.52. The summed E-state index contributed by atoms with van der Waals surface area (Å²) in [6.07, 6.45) is 5.35. The Morgan fingerprint density at radius 3 is 2.44 bits per heavy atom. The summed E-state index contributed by atoms with van der Waals surface area (Å²) < 4.78 is 0. The molecule has 150 valence electrons. The van der Waals surface area contributed by atoms with Gasteiger partial charge >= 0.3 is 6.03 Å². The fourth-order valence-corrected chi connectivity index (χ4v) is 4.24. The van der Waals surface area contributed by atoms with Gasteiger partial charge in [-0.1, -0.05) is 19.9 Å². The predicted molar refractivity (Wildman–Crippen MR) is 107 cm³/mol. The molecule has 1 atom stereocenters. The SMILES string of the molecule is Cc1ccc(C2(O)CCN(C(=O)NC[C@@H](C(C)C)N3CCCC3)CC2)nc1. The summed E-state index contributed by atoms with van der Waals surface area (Å²) in [4.78, 5) is 21.3. The van der Waals surface area contributed by atoms with Crippen LogP contribution in [0, 0.1) is 12.8 Å². The van der Waals surface area contributed by atoms with Crippen molar-refractivity contribution in [1.82, 2.24) is 20.1 Å². The summed E-state index contributed by atoms with van der Waals surface area (Å²) >= 11 is 0. The van der Waals surface area contributed by atoms with E-state index in [-0.39, 0.29) is 6.03 Å². The molecule has 2 N–H and O–H groups in total. The topological polar surface area (TPSA) is 68.7 Å². The molecule has 0 spiro atoms. The molecule has 27 heavy (non-hydrogen) atoms. The van der Waals surface area contributed by atoms with Crippen LogP contribution in [0.4, 0.5) is 4.79 Å². The van der Waals surface area contributed by atoms with Crippen LogP contribution in [0.1, 0.15) is 50.8 Å². The van der Waals surface area contributed by atoms with Crippen LogP contribution >= 0.6 is 0 Å². The zero-order valence-electron chi connectivity index (χ0n) is 16.9. The number of pyridine rings is 1. The second-order valence-corrected chi connectivity index (χ2v) is 8.48. The first-order chi connectivity index (χ1) is 12.9. The van der Waals surface area contributed by atoms with Gasteiger partial charge in [-0.15, -0.1) is 0 Å². The molecule has 3 rings (SSSR count). The minimum absolute atomic E-state index is 0.0150. The fraction of sp³-hybridized carbons (Fsp3) is 0.714. The van der Waals surface area contributed by atoms with Crippen molar-refractivity contribution in [3.05, 3.63) is 29.6 Å². The number of aromatic nitrogens is 1. The van der Waals surface area contributed by atoms with Crippen LogP contribution in [0.2, 0.25) is 0 Å². The standard InChI is InChI=1S/C21H34N4O2/c1-16(2)18(24-10-4-5-11-24)15-23-20(26)25-12-8-21(27,9-13-25)19-7-6-17(3)14-22-19/h6-7,14,16,18,27H,4-5,8-13,15H2,1-3H3,(H,23,26)/t18-/m0/s1. The van der Waals surface area contributed by atoms with Gasteiger partial charge in [0.25, 0.3) is 0 Å². The normalized spacial score (nSPS) is 21.4. The average molecular weight is 375 g/mol. The van der Waals surface area contributed by atoms with Crippen LogP contribution in [0.3, 0.4) is 0 Å². The summed E-state index contributed by atoms with van der Waals surface area (Å²) in [5.74, 6) is 0.516. The fourth-order valence-electron chi connectivity index (χ4n) is 4.24. The molecule has 0 bridgehead atoms. The van der Waals surface area contributed by atoms with E-state index in [4.69, 9.17) is 0 Å². The van der Waals surface area contributed by atoms with E-state index in [9.17, 15) is 9.90 Å². The van der Waals surface area contributed by atoms with Crippen molar-refractivity contribution >= 4 is 6.03 Å². The third kappa shape index (κ3) is 4.79. The van der Waals surface area contributed by atoms with Crippen LogP contribution in [0.15, 0.2) is 18.3 Å². The molecule has 2 amide bonds.